The van der Waals surface area contributed by atoms with E-state index in [0.717, 1.165) is 52.1 Å². The molecule has 1 amide bonds. The summed E-state index contributed by atoms with van der Waals surface area (Å²) in [6, 6.07) is 14.7. The van der Waals surface area contributed by atoms with Crippen LogP contribution in [0.5, 0.6) is 5.75 Å². The maximum absolute atomic E-state index is 14.1. The lowest BCUT2D eigenvalue weighted by atomic mass is 10.0. The molecule has 0 N–H and O–H groups in total. The van der Waals surface area contributed by atoms with Crippen molar-refractivity contribution in [3.63, 3.8) is 0 Å². The van der Waals surface area contributed by atoms with Crippen LogP contribution in [-0.2, 0) is 0 Å². The van der Waals surface area contributed by atoms with Gasteiger partial charge in [0, 0.05) is 50.9 Å². The molecule has 154 valence electrons. The Labute approximate surface area is 171 Å². The summed E-state index contributed by atoms with van der Waals surface area (Å²) in [5, 5.41) is 0. The highest BCUT2D eigenvalue weighted by Gasteiger charge is 2.30. The molecule has 29 heavy (non-hydrogen) atoms. The number of rotatable bonds is 4. The van der Waals surface area contributed by atoms with Gasteiger partial charge in [0.2, 0.25) is 0 Å². The van der Waals surface area contributed by atoms with Crippen LogP contribution in [0.4, 0.5) is 10.1 Å². The fourth-order valence-corrected chi connectivity index (χ4v) is 4.41. The lowest BCUT2D eigenvalue weighted by Crippen LogP contribution is -2.56. The number of hydrogen-bond donors (Lipinski definition) is 0. The number of amides is 1. The number of likely N-dealkylation sites (tertiary alicyclic amines) is 1. The van der Waals surface area contributed by atoms with Gasteiger partial charge in [-0.2, -0.15) is 0 Å². The van der Waals surface area contributed by atoms with Crippen LogP contribution in [0.2, 0.25) is 0 Å². The van der Waals surface area contributed by atoms with Crippen molar-refractivity contribution in [1.82, 2.24) is 9.80 Å². The minimum absolute atomic E-state index is 0.0681. The third-order valence-electron chi connectivity index (χ3n) is 6.02. The minimum atomic E-state index is -0.159. The van der Waals surface area contributed by atoms with Gasteiger partial charge in [-0.25, -0.2) is 4.39 Å². The Morgan fingerprint density at radius 2 is 1.83 bits per heavy atom. The smallest absolute Gasteiger partial charge is 0.254 e. The molecule has 2 fully saturated rings. The third kappa shape index (κ3) is 4.37. The van der Waals surface area contributed by atoms with Crippen LogP contribution in [-0.4, -0.2) is 68.1 Å². The Kier molecular flexibility index (Phi) is 6.00. The Balaban J connectivity index is 1.36. The number of carbonyl (C=O) groups is 1. The molecule has 5 nitrogen and oxygen atoms in total. The summed E-state index contributed by atoms with van der Waals surface area (Å²) in [6.45, 7) is 4.93. The zero-order valence-electron chi connectivity index (χ0n) is 16.9. The zero-order chi connectivity index (χ0) is 20.2. The molecule has 0 aliphatic carbocycles. The van der Waals surface area contributed by atoms with Crippen LogP contribution in [0.15, 0.2) is 48.5 Å². The van der Waals surface area contributed by atoms with E-state index in [9.17, 15) is 9.18 Å². The molecular weight excluding hydrogens is 369 g/mol. The molecule has 0 spiro atoms. The molecule has 6 heteroatoms. The first-order chi connectivity index (χ1) is 14.2. The maximum atomic E-state index is 14.1. The summed E-state index contributed by atoms with van der Waals surface area (Å²) in [7, 11) is 1.61. The van der Waals surface area contributed by atoms with Crippen LogP contribution in [0.3, 0.4) is 0 Å². The highest BCUT2D eigenvalue weighted by molar-refractivity contribution is 5.94. The molecule has 2 aliphatic heterocycles. The second-order valence-corrected chi connectivity index (χ2v) is 7.75. The number of ether oxygens (including phenoxy) is 1. The predicted molar refractivity (Wildman–Crippen MR) is 112 cm³/mol. The number of para-hydroxylation sites is 1. The van der Waals surface area contributed by atoms with Gasteiger partial charge in [-0.1, -0.05) is 18.2 Å². The van der Waals surface area contributed by atoms with Gasteiger partial charge in [0.1, 0.15) is 11.6 Å². The second kappa shape index (κ2) is 8.82. The number of halogens is 1. The molecule has 1 atom stereocenters. The number of piperazine rings is 1. The molecule has 2 saturated heterocycles. The van der Waals surface area contributed by atoms with Gasteiger partial charge in [0.05, 0.1) is 12.8 Å². The lowest BCUT2D eigenvalue weighted by molar-refractivity contribution is 0.0563. The number of hydrogen-bond acceptors (Lipinski definition) is 4. The van der Waals surface area contributed by atoms with Crippen LogP contribution >= 0.6 is 0 Å². The van der Waals surface area contributed by atoms with Crippen molar-refractivity contribution in [3.8, 4) is 5.75 Å². The van der Waals surface area contributed by atoms with Gasteiger partial charge in [-0.3, -0.25) is 9.69 Å². The normalized spacial score (nSPS) is 20.6. The fraction of sp³-hybridized carbons (Fsp3) is 0.435. The number of piperidine rings is 1. The summed E-state index contributed by atoms with van der Waals surface area (Å²) in [6.07, 6.45) is 2.11. The molecule has 2 aromatic carbocycles. The molecule has 0 bridgehead atoms. The van der Waals surface area contributed by atoms with Crippen molar-refractivity contribution in [1.29, 1.82) is 0 Å². The van der Waals surface area contributed by atoms with E-state index in [1.807, 2.05) is 35.2 Å². The largest absolute Gasteiger partial charge is 0.497 e. The first-order valence-electron chi connectivity index (χ1n) is 10.3. The van der Waals surface area contributed by atoms with E-state index in [4.69, 9.17) is 4.74 Å². The average Bonchev–Trinajstić information content (AvgIpc) is 2.79. The van der Waals surface area contributed by atoms with Crippen molar-refractivity contribution in [2.75, 3.05) is 51.3 Å². The highest BCUT2D eigenvalue weighted by Crippen LogP contribution is 2.24. The molecule has 0 radical (unpaired) electrons. The molecule has 0 aromatic heterocycles. The number of methoxy groups -OCH3 is 1. The van der Waals surface area contributed by atoms with E-state index >= 15 is 0 Å². The van der Waals surface area contributed by atoms with Gasteiger partial charge >= 0.3 is 0 Å². The van der Waals surface area contributed by atoms with Crippen LogP contribution < -0.4 is 9.64 Å². The third-order valence-corrected chi connectivity index (χ3v) is 6.02. The fourth-order valence-electron chi connectivity index (χ4n) is 4.41. The van der Waals surface area contributed by atoms with Crippen LogP contribution in [0.1, 0.15) is 23.2 Å². The van der Waals surface area contributed by atoms with E-state index < -0.39 is 0 Å². The van der Waals surface area contributed by atoms with Gasteiger partial charge < -0.3 is 14.5 Å². The molecular formula is C23H28FN3O2. The molecule has 2 heterocycles. The number of anilines is 1. The lowest BCUT2D eigenvalue weighted by Gasteiger charge is -2.44. The Bertz CT molecular complexity index is 852. The standard InChI is InChI=1S/C23H28FN3O2/c1-29-20-8-4-6-18(16-20)23(28)27-11-5-7-19(17-27)25-12-14-26(15-13-25)22-10-3-2-9-21(22)24/h2-4,6,8-10,16,19H,5,7,11-15,17H2,1H3/t19-/m1/s1. The topological polar surface area (TPSA) is 36.0 Å². The summed E-state index contributed by atoms with van der Waals surface area (Å²) < 4.78 is 19.3. The van der Waals surface area contributed by atoms with E-state index in [1.165, 1.54) is 6.07 Å². The van der Waals surface area contributed by atoms with Crippen LogP contribution in [0, 0.1) is 5.82 Å². The molecule has 0 unspecified atom stereocenters. The maximum Gasteiger partial charge on any atom is 0.254 e. The van der Waals surface area contributed by atoms with E-state index in [-0.39, 0.29) is 11.7 Å². The minimum Gasteiger partial charge on any atom is -0.497 e. The van der Waals surface area contributed by atoms with Gasteiger partial charge in [-0.15, -0.1) is 0 Å². The molecule has 0 saturated carbocycles. The number of benzene rings is 2. The monoisotopic (exact) mass is 397 g/mol. The van der Waals surface area contributed by atoms with Gasteiger partial charge in [0.15, 0.2) is 0 Å². The second-order valence-electron chi connectivity index (χ2n) is 7.75. The Morgan fingerprint density at radius 3 is 2.59 bits per heavy atom. The van der Waals surface area contributed by atoms with E-state index in [2.05, 4.69) is 9.80 Å². The van der Waals surface area contributed by atoms with Gasteiger partial charge in [-0.05, 0) is 43.2 Å². The average molecular weight is 397 g/mol. The van der Waals surface area contributed by atoms with Crippen LogP contribution in [0.25, 0.3) is 0 Å². The quantitative estimate of drug-likeness (QED) is 0.794. The molecule has 2 aromatic rings. The van der Waals surface area contributed by atoms with E-state index in [1.54, 1.807) is 19.2 Å². The Hall–Kier alpha value is -2.60. The highest BCUT2D eigenvalue weighted by atomic mass is 19.1. The van der Waals surface area contributed by atoms with Crippen molar-refractivity contribution >= 4 is 11.6 Å². The predicted octanol–water partition coefficient (Wildman–Crippen LogP) is 3.26. The summed E-state index contributed by atoms with van der Waals surface area (Å²) in [5.74, 6) is 0.612. The number of nitrogens with zero attached hydrogens (tertiary/aromatic N) is 3. The first-order valence-corrected chi connectivity index (χ1v) is 10.3. The Morgan fingerprint density at radius 1 is 1.03 bits per heavy atom. The van der Waals surface area contributed by atoms with E-state index in [0.29, 0.717) is 23.0 Å². The summed E-state index contributed by atoms with van der Waals surface area (Å²) >= 11 is 0. The summed E-state index contributed by atoms with van der Waals surface area (Å²) in [5.41, 5.74) is 1.36. The number of carbonyl (C=O) groups excluding carboxylic acids is 1. The van der Waals surface area contributed by atoms with Crippen molar-refractivity contribution in [3.05, 3.63) is 59.9 Å². The first kappa shape index (κ1) is 19.7. The van der Waals surface area contributed by atoms with Crippen molar-refractivity contribution in [2.24, 2.45) is 0 Å². The summed E-state index contributed by atoms with van der Waals surface area (Å²) in [4.78, 5) is 19.5. The zero-order valence-corrected chi connectivity index (χ0v) is 16.9. The SMILES string of the molecule is COc1cccc(C(=O)N2CCC[C@@H](N3CCN(c4ccccc4F)CC3)C2)c1. The molecule has 2 aliphatic rings. The van der Waals surface area contributed by atoms with Gasteiger partial charge in [0.25, 0.3) is 5.91 Å². The van der Waals surface area contributed by atoms with Crippen molar-refractivity contribution < 1.29 is 13.9 Å². The van der Waals surface area contributed by atoms with Crippen molar-refractivity contribution in [2.45, 2.75) is 18.9 Å². The molecule has 4 rings (SSSR count).